The number of phenolic OH excluding ortho intramolecular Hbond substituents is 1. The molecule has 30 heavy (non-hydrogen) atoms. The van der Waals surface area contributed by atoms with Crippen molar-refractivity contribution in [2.75, 3.05) is 4.90 Å². The molecule has 2 amide bonds. The average Bonchev–Trinajstić information content (AvgIpc) is 3.11. The van der Waals surface area contributed by atoms with Crippen molar-refractivity contribution in [3.05, 3.63) is 95.8 Å². The van der Waals surface area contributed by atoms with Crippen LogP contribution in [-0.2, 0) is 16.1 Å². The van der Waals surface area contributed by atoms with Gasteiger partial charge in [0.2, 0.25) is 6.10 Å². The number of halogens is 1. The fourth-order valence-electron chi connectivity index (χ4n) is 3.42. The van der Waals surface area contributed by atoms with Gasteiger partial charge in [0.15, 0.2) is 0 Å². The Balaban J connectivity index is 1.64. The summed E-state index contributed by atoms with van der Waals surface area (Å²) in [6, 6.07) is 20.2. The number of ether oxygens (including phenoxy) is 1. The highest BCUT2D eigenvalue weighted by molar-refractivity contribution is 5.97. The number of hydrogen-bond donors (Lipinski definition) is 2. The molecule has 2 atom stereocenters. The van der Waals surface area contributed by atoms with Crippen LogP contribution in [0.2, 0.25) is 0 Å². The van der Waals surface area contributed by atoms with E-state index in [9.17, 15) is 19.1 Å². The van der Waals surface area contributed by atoms with Gasteiger partial charge in [-0.05, 0) is 47.5 Å². The van der Waals surface area contributed by atoms with Crippen LogP contribution < -0.4 is 10.2 Å². The smallest absolute Gasteiger partial charge is 0.415 e. The Morgan fingerprint density at radius 1 is 1.00 bits per heavy atom. The number of aromatic hydroxyl groups is 1. The molecule has 0 unspecified atom stereocenters. The summed E-state index contributed by atoms with van der Waals surface area (Å²) in [4.78, 5) is 26.9. The largest absolute Gasteiger partial charge is 0.508 e. The molecule has 6 nitrogen and oxygen atoms in total. The molecule has 0 radical (unpaired) electrons. The molecule has 3 aromatic carbocycles. The summed E-state index contributed by atoms with van der Waals surface area (Å²) in [6.45, 7) is 0.284. The molecule has 152 valence electrons. The maximum atomic E-state index is 13.4. The Morgan fingerprint density at radius 3 is 2.33 bits per heavy atom. The number of anilines is 1. The maximum Gasteiger partial charge on any atom is 0.415 e. The van der Waals surface area contributed by atoms with Gasteiger partial charge in [0.05, 0.1) is 0 Å². The molecule has 0 bridgehead atoms. The minimum atomic E-state index is -1.11. The van der Waals surface area contributed by atoms with Crippen molar-refractivity contribution in [1.29, 1.82) is 0 Å². The highest BCUT2D eigenvalue weighted by Crippen LogP contribution is 2.38. The molecule has 0 aliphatic carbocycles. The molecule has 3 aromatic rings. The Hall–Kier alpha value is -3.87. The summed E-state index contributed by atoms with van der Waals surface area (Å²) in [5.41, 5.74) is 1.91. The Bertz CT molecular complexity index is 1040. The molecule has 1 heterocycles. The van der Waals surface area contributed by atoms with Crippen LogP contribution in [0.3, 0.4) is 0 Å². The molecule has 1 aliphatic rings. The zero-order valence-corrected chi connectivity index (χ0v) is 15.9. The van der Waals surface area contributed by atoms with Gasteiger partial charge in [0.25, 0.3) is 5.91 Å². The third-order valence-corrected chi connectivity index (χ3v) is 4.90. The van der Waals surface area contributed by atoms with Gasteiger partial charge in [-0.2, -0.15) is 0 Å². The highest BCUT2D eigenvalue weighted by atomic mass is 19.1. The summed E-state index contributed by atoms with van der Waals surface area (Å²) >= 11 is 0. The normalized spacial score (nSPS) is 18.2. The van der Waals surface area contributed by atoms with E-state index in [1.165, 1.54) is 41.3 Å². The van der Waals surface area contributed by atoms with Crippen LogP contribution in [0.1, 0.15) is 17.2 Å². The number of amides is 2. The van der Waals surface area contributed by atoms with E-state index in [4.69, 9.17) is 4.74 Å². The van der Waals surface area contributed by atoms with E-state index in [0.717, 1.165) is 5.56 Å². The standard InChI is InChI=1S/C23H19FN2O4/c24-17-8-10-18(11-9-17)26-20(16-6-12-19(27)13-7-16)21(30-23(26)29)22(28)25-14-15-4-2-1-3-5-15/h1-13,20-21,27H,14H2,(H,25,28)/t20-,21+/m1/s1. The second-order valence-electron chi connectivity index (χ2n) is 6.89. The predicted octanol–water partition coefficient (Wildman–Crippen LogP) is 3.91. The monoisotopic (exact) mass is 406 g/mol. The van der Waals surface area contributed by atoms with Crippen molar-refractivity contribution in [1.82, 2.24) is 5.32 Å². The lowest BCUT2D eigenvalue weighted by atomic mass is 9.99. The summed E-state index contributed by atoms with van der Waals surface area (Å²) in [6.07, 6.45) is -1.82. The Kier molecular flexibility index (Phi) is 5.34. The van der Waals surface area contributed by atoms with E-state index in [2.05, 4.69) is 5.32 Å². The van der Waals surface area contributed by atoms with Crippen molar-refractivity contribution < 1.29 is 23.8 Å². The van der Waals surface area contributed by atoms with Crippen LogP contribution in [0.15, 0.2) is 78.9 Å². The zero-order chi connectivity index (χ0) is 21.1. The highest BCUT2D eigenvalue weighted by Gasteiger charge is 2.47. The summed E-state index contributed by atoms with van der Waals surface area (Å²) < 4.78 is 18.8. The quantitative estimate of drug-likeness (QED) is 0.673. The van der Waals surface area contributed by atoms with Crippen LogP contribution in [0.25, 0.3) is 0 Å². The molecule has 0 aromatic heterocycles. The third kappa shape index (κ3) is 3.96. The van der Waals surface area contributed by atoms with Crippen LogP contribution in [-0.4, -0.2) is 23.2 Å². The third-order valence-electron chi connectivity index (χ3n) is 4.90. The molecule has 1 aliphatic heterocycles. The summed E-state index contributed by atoms with van der Waals surface area (Å²) in [7, 11) is 0. The van der Waals surface area contributed by atoms with E-state index in [0.29, 0.717) is 11.3 Å². The number of benzene rings is 3. The number of carbonyl (C=O) groups excluding carboxylic acids is 2. The second-order valence-corrected chi connectivity index (χ2v) is 6.89. The van der Waals surface area contributed by atoms with Crippen LogP contribution in [0, 0.1) is 5.82 Å². The molecule has 7 heteroatoms. The van der Waals surface area contributed by atoms with Crippen molar-refractivity contribution in [2.45, 2.75) is 18.7 Å². The van der Waals surface area contributed by atoms with Gasteiger partial charge in [-0.1, -0.05) is 42.5 Å². The molecule has 4 rings (SSSR count). The number of nitrogens with one attached hydrogen (secondary N) is 1. The van der Waals surface area contributed by atoms with Crippen molar-refractivity contribution >= 4 is 17.7 Å². The topological polar surface area (TPSA) is 78.9 Å². The van der Waals surface area contributed by atoms with Gasteiger partial charge in [-0.15, -0.1) is 0 Å². The van der Waals surface area contributed by atoms with Crippen LogP contribution in [0.5, 0.6) is 5.75 Å². The number of nitrogens with zero attached hydrogens (tertiary/aromatic N) is 1. The SMILES string of the molecule is O=C(NCc1ccccc1)[C@H]1OC(=O)N(c2ccc(F)cc2)[C@@H]1c1ccc(O)cc1. The average molecular weight is 406 g/mol. The number of phenols is 1. The first-order chi connectivity index (χ1) is 14.5. The maximum absolute atomic E-state index is 13.4. The number of rotatable bonds is 5. The van der Waals surface area contributed by atoms with E-state index in [1.54, 1.807) is 12.1 Å². The van der Waals surface area contributed by atoms with E-state index in [1.807, 2.05) is 30.3 Å². The number of hydrogen-bond acceptors (Lipinski definition) is 4. The Labute approximate surface area is 172 Å². The first kappa shape index (κ1) is 19.4. The zero-order valence-electron chi connectivity index (χ0n) is 15.9. The molecule has 1 fully saturated rings. The molecular weight excluding hydrogens is 387 g/mol. The van der Waals surface area contributed by atoms with Crippen molar-refractivity contribution in [3.63, 3.8) is 0 Å². The van der Waals surface area contributed by atoms with Crippen molar-refractivity contribution in [3.8, 4) is 5.75 Å². The molecular formula is C23H19FN2O4. The molecule has 2 N–H and O–H groups in total. The van der Waals surface area contributed by atoms with Gasteiger partial charge >= 0.3 is 6.09 Å². The van der Waals surface area contributed by atoms with Gasteiger partial charge < -0.3 is 15.2 Å². The number of cyclic esters (lactones) is 1. The predicted molar refractivity (Wildman–Crippen MR) is 108 cm³/mol. The lowest BCUT2D eigenvalue weighted by Gasteiger charge is -2.24. The van der Waals surface area contributed by atoms with Crippen LogP contribution >= 0.6 is 0 Å². The fourth-order valence-corrected chi connectivity index (χ4v) is 3.42. The van der Waals surface area contributed by atoms with E-state index >= 15 is 0 Å². The van der Waals surface area contributed by atoms with Gasteiger partial charge in [-0.3, -0.25) is 9.69 Å². The fraction of sp³-hybridized carbons (Fsp3) is 0.130. The minimum Gasteiger partial charge on any atom is -0.508 e. The van der Waals surface area contributed by atoms with Gasteiger partial charge in [0.1, 0.15) is 17.6 Å². The molecule has 0 saturated carbocycles. The van der Waals surface area contributed by atoms with E-state index < -0.39 is 30.0 Å². The van der Waals surface area contributed by atoms with Crippen molar-refractivity contribution in [2.24, 2.45) is 0 Å². The van der Waals surface area contributed by atoms with Crippen LogP contribution in [0.4, 0.5) is 14.9 Å². The Morgan fingerprint density at radius 2 is 1.67 bits per heavy atom. The first-order valence-electron chi connectivity index (χ1n) is 9.39. The summed E-state index contributed by atoms with van der Waals surface area (Å²) in [5, 5.41) is 12.4. The molecule has 0 spiro atoms. The minimum absolute atomic E-state index is 0.0578. The van der Waals surface area contributed by atoms with Gasteiger partial charge in [0, 0.05) is 12.2 Å². The van der Waals surface area contributed by atoms with E-state index in [-0.39, 0.29) is 12.3 Å². The molecule has 1 saturated heterocycles. The summed E-state index contributed by atoms with van der Waals surface area (Å²) in [5.74, 6) is -0.832. The lowest BCUT2D eigenvalue weighted by Crippen LogP contribution is -2.39. The number of carbonyl (C=O) groups is 2. The van der Waals surface area contributed by atoms with Gasteiger partial charge in [-0.25, -0.2) is 9.18 Å². The lowest BCUT2D eigenvalue weighted by molar-refractivity contribution is -0.129. The first-order valence-corrected chi connectivity index (χ1v) is 9.39. The second kappa shape index (κ2) is 8.24.